The van der Waals surface area contributed by atoms with Crippen LogP contribution in [0.3, 0.4) is 0 Å². The van der Waals surface area contributed by atoms with Gasteiger partial charge in [0, 0.05) is 42.7 Å². The summed E-state index contributed by atoms with van der Waals surface area (Å²) in [5.74, 6) is 0.252. The van der Waals surface area contributed by atoms with Crippen LogP contribution in [0.25, 0.3) is 22.4 Å². The van der Waals surface area contributed by atoms with Gasteiger partial charge in [-0.3, -0.25) is 14.6 Å². The first-order valence-electron chi connectivity index (χ1n) is 15.8. The number of benzene rings is 2. The zero-order chi connectivity index (χ0) is 31.0. The van der Waals surface area contributed by atoms with E-state index in [4.69, 9.17) is 4.98 Å². The van der Waals surface area contributed by atoms with Crippen LogP contribution in [0.1, 0.15) is 77.2 Å². The summed E-state index contributed by atoms with van der Waals surface area (Å²) in [7, 11) is 0. The molecule has 7 rings (SSSR count). The van der Waals surface area contributed by atoms with Crippen molar-refractivity contribution in [3.63, 3.8) is 0 Å². The Labute approximate surface area is 263 Å². The predicted octanol–water partition coefficient (Wildman–Crippen LogP) is 6.93. The molecular formula is C38H37N5O2. The standard InChI is InChI=1S/C38H37N5O2/c1-25-10-8-13-29-33(42-37(45)30-23-32(31-15-6-7-18-39-31)41-36-28(30)14-9-19-40-36)24-38(35(25)29)16-20-43(21-17-38)34(44)22-26(2)27-11-4-3-5-12-27/h3-15,18-19,23,26,33H,16-17,20-22,24H2,1-2H3,(H,42,45). The molecule has 1 aliphatic carbocycles. The molecular weight excluding hydrogens is 558 g/mol. The van der Waals surface area contributed by atoms with E-state index < -0.39 is 0 Å². The Bertz CT molecular complexity index is 1870. The number of amides is 2. The molecule has 2 atom stereocenters. The van der Waals surface area contributed by atoms with Crippen molar-refractivity contribution in [2.24, 2.45) is 0 Å². The van der Waals surface area contributed by atoms with Crippen molar-refractivity contribution in [1.29, 1.82) is 0 Å². The zero-order valence-corrected chi connectivity index (χ0v) is 25.7. The summed E-state index contributed by atoms with van der Waals surface area (Å²) >= 11 is 0. The maximum Gasteiger partial charge on any atom is 0.252 e. The van der Waals surface area contributed by atoms with Crippen LogP contribution in [-0.2, 0) is 10.2 Å². The van der Waals surface area contributed by atoms with E-state index in [-0.39, 0.29) is 29.2 Å². The number of piperidine rings is 1. The summed E-state index contributed by atoms with van der Waals surface area (Å²) in [4.78, 5) is 43.1. The molecule has 7 nitrogen and oxygen atoms in total. The Balaban J connectivity index is 1.12. The van der Waals surface area contributed by atoms with Crippen LogP contribution in [0.5, 0.6) is 0 Å². The van der Waals surface area contributed by atoms with E-state index in [0.29, 0.717) is 34.4 Å². The molecule has 5 aromatic rings. The highest BCUT2D eigenvalue weighted by Gasteiger charge is 2.47. The molecule has 4 heterocycles. The number of carbonyl (C=O) groups excluding carboxylic acids is 2. The minimum atomic E-state index is -0.149. The number of likely N-dealkylation sites (tertiary alicyclic amines) is 1. The van der Waals surface area contributed by atoms with Crippen LogP contribution in [0.2, 0.25) is 0 Å². The number of pyridine rings is 3. The first-order chi connectivity index (χ1) is 21.9. The fraction of sp³-hybridized carbons (Fsp3) is 0.289. The third kappa shape index (κ3) is 5.48. The van der Waals surface area contributed by atoms with Gasteiger partial charge in [0.2, 0.25) is 5.91 Å². The first-order valence-corrected chi connectivity index (χ1v) is 15.8. The monoisotopic (exact) mass is 595 g/mol. The van der Waals surface area contributed by atoms with Gasteiger partial charge in [-0.05, 0) is 84.7 Å². The van der Waals surface area contributed by atoms with Crippen LogP contribution < -0.4 is 5.32 Å². The van der Waals surface area contributed by atoms with Gasteiger partial charge in [0.1, 0.15) is 0 Å². The normalized spacial score (nSPS) is 17.6. The summed E-state index contributed by atoms with van der Waals surface area (Å²) in [5.41, 5.74) is 7.25. The molecule has 2 aliphatic rings. The largest absolute Gasteiger partial charge is 0.345 e. The van der Waals surface area contributed by atoms with Crippen molar-refractivity contribution in [1.82, 2.24) is 25.2 Å². The lowest BCUT2D eigenvalue weighted by atomic mass is 9.72. The quantitative estimate of drug-likeness (QED) is 0.230. The molecule has 1 spiro atoms. The number of aromatic nitrogens is 3. The van der Waals surface area contributed by atoms with Crippen LogP contribution in [0, 0.1) is 6.92 Å². The number of hydrogen-bond donors (Lipinski definition) is 1. The van der Waals surface area contributed by atoms with Gasteiger partial charge in [0.25, 0.3) is 5.91 Å². The number of carbonyl (C=O) groups is 2. The summed E-state index contributed by atoms with van der Waals surface area (Å²) in [6.45, 7) is 5.75. The molecule has 2 unspecified atom stereocenters. The third-order valence-corrected chi connectivity index (χ3v) is 9.79. The summed E-state index contributed by atoms with van der Waals surface area (Å²) in [6.07, 6.45) is 6.51. The predicted molar refractivity (Wildman–Crippen MR) is 176 cm³/mol. The van der Waals surface area contributed by atoms with E-state index in [1.54, 1.807) is 12.4 Å². The molecule has 2 amide bonds. The smallest absolute Gasteiger partial charge is 0.252 e. The van der Waals surface area contributed by atoms with E-state index >= 15 is 0 Å². The van der Waals surface area contributed by atoms with Gasteiger partial charge in [-0.1, -0.05) is 61.5 Å². The van der Waals surface area contributed by atoms with Gasteiger partial charge in [0.15, 0.2) is 5.65 Å². The van der Waals surface area contributed by atoms with E-state index in [9.17, 15) is 9.59 Å². The highest BCUT2D eigenvalue weighted by Crippen LogP contribution is 2.52. The molecule has 7 heteroatoms. The second-order valence-corrected chi connectivity index (χ2v) is 12.6. The topological polar surface area (TPSA) is 88.1 Å². The van der Waals surface area contributed by atoms with Crippen molar-refractivity contribution >= 4 is 22.8 Å². The van der Waals surface area contributed by atoms with E-state index in [1.165, 1.54) is 22.3 Å². The molecule has 1 fully saturated rings. The lowest BCUT2D eigenvalue weighted by Crippen LogP contribution is -2.45. The summed E-state index contributed by atoms with van der Waals surface area (Å²) in [6, 6.07) is 27.8. The van der Waals surface area contributed by atoms with E-state index in [0.717, 1.165) is 32.4 Å². The zero-order valence-electron chi connectivity index (χ0n) is 25.7. The second-order valence-electron chi connectivity index (χ2n) is 12.6. The maximum absolute atomic E-state index is 14.1. The van der Waals surface area contributed by atoms with Crippen molar-refractivity contribution in [3.05, 3.63) is 125 Å². The van der Waals surface area contributed by atoms with Gasteiger partial charge in [-0.15, -0.1) is 0 Å². The number of hydrogen-bond acceptors (Lipinski definition) is 5. The lowest BCUT2D eigenvalue weighted by Gasteiger charge is -2.41. The minimum Gasteiger partial charge on any atom is -0.345 e. The van der Waals surface area contributed by atoms with Crippen molar-refractivity contribution in [3.8, 4) is 11.4 Å². The van der Waals surface area contributed by atoms with Crippen molar-refractivity contribution in [2.45, 2.75) is 56.9 Å². The Morgan fingerprint density at radius 3 is 2.47 bits per heavy atom. The van der Waals surface area contributed by atoms with Crippen LogP contribution in [0.15, 0.2) is 97.3 Å². The van der Waals surface area contributed by atoms with Gasteiger partial charge in [0.05, 0.1) is 23.0 Å². The van der Waals surface area contributed by atoms with E-state index in [2.05, 4.69) is 59.5 Å². The molecule has 1 saturated heterocycles. The highest BCUT2D eigenvalue weighted by atomic mass is 16.2. The van der Waals surface area contributed by atoms with Gasteiger partial charge < -0.3 is 10.2 Å². The number of fused-ring (bicyclic) bond motifs is 3. The maximum atomic E-state index is 14.1. The molecule has 2 aromatic carbocycles. The average molecular weight is 596 g/mol. The van der Waals surface area contributed by atoms with Crippen LogP contribution in [-0.4, -0.2) is 44.8 Å². The fourth-order valence-corrected chi connectivity index (χ4v) is 7.49. The van der Waals surface area contributed by atoms with Crippen LogP contribution >= 0.6 is 0 Å². The van der Waals surface area contributed by atoms with E-state index in [1.807, 2.05) is 59.5 Å². The minimum absolute atomic E-state index is 0.0819. The fourth-order valence-electron chi connectivity index (χ4n) is 7.49. The summed E-state index contributed by atoms with van der Waals surface area (Å²) in [5, 5.41) is 4.12. The Kier molecular flexibility index (Phi) is 7.61. The molecule has 0 bridgehead atoms. The number of aryl methyl sites for hydroxylation is 1. The van der Waals surface area contributed by atoms with Crippen molar-refractivity contribution in [2.75, 3.05) is 13.1 Å². The molecule has 1 aliphatic heterocycles. The first kappa shape index (κ1) is 28.8. The molecule has 3 aromatic heterocycles. The van der Waals surface area contributed by atoms with Gasteiger partial charge in [-0.2, -0.15) is 0 Å². The molecule has 0 radical (unpaired) electrons. The Morgan fingerprint density at radius 2 is 1.69 bits per heavy atom. The summed E-state index contributed by atoms with van der Waals surface area (Å²) < 4.78 is 0. The van der Waals surface area contributed by atoms with Gasteiger partial charge >= 0.3 is 0 Å². The SMILES string of the molecule is Cc1cccc2c1C1(CCN(C(=O)CC(C)c3ccccc3)CC1)CC2NC(=O)c1cc(-c2ccccn2)nc2ncccc12. The van der Waals surface area contributed by atoms with Gasteiger partial charge in [-0.25, -0.2) is 9.97 Å². The van der Waals surface area contributed by atoms with Crippen LogP contribution in [0.4, 0.5) is 0 Å². The molecule has 1 N–H and O–H groups in total. The number of nitrogens with one attached hydrogen (secondary N) is 1. The van der Waals surface area contributed by atoms with Crippen molar-refractivity contribution < 1.29 is 9.59 Å². The molecule has 226 valence electrons. The highest BCUT2D eigenvalue weighted by molar-refractivity contribution is 6.06. The third-order valence-electron chi connectivity index (χ3n) is 9.79. The molecule has 45 heavy (non-hydrogen) atoms. The number of nitrogens with zero attached hydrogens (tertiary/aromatic N) is 4. The average Bonchev–Trinajstić information content (AvgIpc) is 3.38. The Morgan fingerprint density at radius 1 is 0.911 bits per heavy atom. The molecule has 0 saturated carbocycles. The second kappa shape index (κ2) is 11.9. The lowest BCUT2D eigenvalue weighted by molar-refractivity contribution is -0.133. The number of rotatable bonds is 6. The Hall–Kier alpha value is -4.91.